The molecule has 0 aliphatic heterocycles. The Balaban J connectivity index is 1.31. The molecular weight excluding hydrogens is 388 g/mol. The third-order valence-electron chi connectivity index (χ3n) is 4.62. The Morgan fingerprint density at radius 2 is 1.90 bits per heavy atom. The number of benzene rings is 2. The first-order valence-electron chi connectivity index (χ1n) is 9.16. The highest BCUT2D eigenvalue weighted by Crippen LogP contribution is 2.27. The van der Waals surface area contributed by atoms with E-state index in [2.05, 4.69) is 20.8 Å². The molecule has 0 aliphatic carbocycles. The number of furan rings is 1. The van der Waals surface area contributed by atoms with E-state index in [-0.39, 0.29) is 22.7 Å². The van der Waals surface area contributed by atoms with Gasteiger partial charge in [-0.1, -0.05) is 30.3 Å². The third kappa shape index (κ3) is 3.97. The summed E-state index contributed by atoms with van der Waals surface area (Å²) in [7, 11) is 0. The molecular formula is C21H20N4O3S. The first kappa shape index (κ1) is 19.1. The summed E-state index contributed by atoms with van der Waals surface area (Å²) in [5.74, 6) is 0.389. The van der Waals surface area contributed by atoms with E-state index in [0.29, 0.717) is 5.58 Å². The van der Waals surface area contributed by atoms with Crippen molar-refractivity contribution in [3.05, 3.63) is 65.7 Å². The number of imidazole rings is 1. The van der Waals surface area contributed by atoms with E-state index < -0.39 is 5.91 Å². The lowest BCUT2D eigenvalue weighted by Gasteiger charge is -2.09. The number of para-hydroxylation sites is 3. The van der Waals surface area contributed by atoms with Gasteiger partial charge in [0.05, 0.1) is 22.0 Å². The smallest absolute Gasteiger partial charge is 0.305 e. The molecule has 4 rings (SSSR count). The lowest BCUT2D eigenvalue weighted by molar-refractivity contribution is -0.119. The van der Waals surface area contributed by atoms with Crippen LogP contribution in [0.3, 0.4) is 0 Å². The number of hydrogen-bond donors (Lipinski definition) is 3. The topological polar surface area (TPSA) is 100 Å². The fourth-order valence-electron chi connectivity index (χ4n) is 3.05. The Morgan fingerprint density at radius 1 is 1.14 bits per heavy atom. The van der Waals surface area contributed by atoms with Gasteiger partial charge in [-0.05, 0) is 32.0 Å². The summed E-state index contributed by atoms with van der Waals surface area (Å²) in [6.07, 6.45) is 0. The highest BCUT2D eigenvalue weighted by Gasteiger charge is 2.18. The zero-order valence-electron chi connectivity index (χ0n) is 16.0. The van der Waals surface area contributed by atoms with Crippen molar-refractivity contribution in [3.63, 3.8) is 0 Å². The van der Waals surface area contributed by atoms with Gasteiger partial charge in [0.2, 0.25) is 5.91 Å². The molecule has 2 amide bonds. The normalized spacial score (nSPS) is 12.2. The molecule has 0 radical (unpaired) electrons. The molecule has 0 aliphatic rings. The molecule has 29 heavy (non-hydrogen) atoms. The number of nitrogens with one attached hydrogen (secondary N) is 3. The lowest BCUT2D eigenvalue weighted by atomic mass is 10.1. The van der Waals surface area contributed by atoms with E-state index in [4.69, 9.17) is 4.42 Å². The molecule has 148 valence electrons. The average Bonchev–Trinajstić information content (AvgIpc) is 3.32. The largest absolute Gasteiger partial charge is 0.451 e. The summed E-state index contributed by atoms with van der Waals surface area (Å²) in [6.45, 7) is 3.79. The summed E-state index contributed by atoms with van der Waals surface area (Å²) in [4.78, 5) is 32.3. The highest BCUT2D eigenvalue weighted by atomic mass is 32.2. The number of nitrogens with zero attached hydrogens (tertiary/aromatic N) is 1. The number of aromatic nitrogens is 2. The Bertz CT molecular complexity index is 1160. The summed E-state index contributed by atoms with van der Waals surface area (Å²) >= 11 is 1.43. The Kier molecular flexibility index (Phi) is 5.26. The SMILES string of the molecule is Cc1c(C(=O)NNC(=O)CS[C@@H](C)c2nc3ccccc3[nH]2)oc2ccccc12. The van der Waals surface area contributed by atoms with Crippen LogP contribution in [0, 0.1) is 6.92 Å². The zero-order chi connectivity index (χ0) is 20.4. The van der Waals surface area contributed by atoms with Gasteiger partial charge < -0.3 is 9.40 Å². The van der Waals surface area contributed by atoms with Gasteiger partial charge in [0, 0.05) is 10.9 Å². The minimum absolute atomic E-state index is 0.00136. The molecule has 2 aromatic carbocycles. The highest BCUT2D eigenvalue weighted by molar-refractivity contribution is 8.00. The molecule has 1 atom stereocenters. The number of carbonyl (C=O) groups excluding carboxylic acids is 2. The standard InChI is InChI=1S/C21H20N4O3S/c1-12-14-7-3-6-10-17(14)28-19(12)21(27)25-24-18(26)11-29-13(2)20-22-15-8-4-5-9-16(15)23-20/h3-10,13H,11H2,1-2H3,(H,22,23)(H,24,26)(H,25,27)/t13-/m0/s1. The van der Waals surface area contributed by atoms with Crippen molar-refractivity contribution in [1.82, 2.24) is 20.8 Å². The van der Waals surface area contributed by atoms with Crippen LogP contribution in [0.4, 0.5) is 0 Å². The minimum atomic E-state index is -0.484. The number of rotatable bonds is 5. The van der Waals surface area contributed by atoms with Gasteiger partial charge in [-0.2, -0.15) is 0 Å². The van der Waals surface area contributed by atoms with Gasteiger partial charge in [-0.3, -0.25) is 20.4 Å². The number of thioether (sulfide) groups is 1. The predicted molar refractivity (Wildman–Crippen MR) is 114 cm³/mol. The van der Waals surface area contributed by atoms with Crippen LogP contribution in [-0.4, -0.2) is 27.5 Å². The third-order valence-corrected chi connectivity index (χ3v) is 5.77. The van der Waals surface area contributed by atoms with Gasteiger partial charge >= 0.3 is 5.91 Å². The van der Waals surface area contributed by atoms with Crippen LogP contribution in [0.5, 0.6) is 0 Å². The molecule has 8 heteroatoms. The molecule has 4 aromatic rings. The number of hydrogen-bond acceptors (Lipinski definition) is 5. The van der Waals surface area contributed by atoms with Crippen LogP contribution in [0.1, 0.15) is 34.1 Å². The quantitative estimate of drug-likeness (QED) is 0.435. The van der Waals surface area contributed by atoms with Gasteiger partial charge in [0.1, 0.15) is 11.4 Å². The average molecular weight is 408 g/mol. The first-order chi connectivity index (χ1) is 14.0. The summed E-state index contributed by atoms with van der Waals surface area (Å²) in [5.41, 5.74) is 8.09. The number of aromatic amines is 1. The predicted octanol–water partition coefficient (Wildman–Crippen LogP) is 3.87. The number of carbonyl (C=O) groups is 2. The molecule has 0 bridgehead atoms. The summed E-state index contributed by atoms with van der Waals surface area (Å²) < 4.78 is 5.60. The van der Waals surface area contributed by atoms with E-state index in [0.717, 1.165) is 27.8 Å². The maximum atomic E-state index is 12.4. The fourth-order valence-corrected chi connectivity index (χ4v) is 3.80. The molecule has 2 aromatic heterocycles. The van der Waals surface area contributed by atoms with Crippen molar-refractivity contribution in [2.45, 2.75) is 19.1 Å². The van der Waals surface area contributed by atoms with E-state index in [9.17, 15) is 9.59 Å². The molecule has 2 heterocycles. The Morgan fingerprint density at radius 3 is 2.69 bits per heavy atom. The second kappa shape index (κ2) is 8.00. The number of fused-ring (bicyclic) bond motifs is 2. The summed E-state index contributed by atoms with van der Waals surface area (Å²) in [6, 6.07) is 15.2. The summed E-state index contributed by atoms with van der Waals surface area (Å²) in [5, 5.41) is 0.876. The van der Waals surface area contributed by atoms with E-state index in [1.807, 2.05) is 56.3 Å². The maximum Gasteiger partial charge on any atom is 0.305 e. The number of hydrazine groups is 1. The minimum Gasteiger partial charge on any atom is -0.451 e. The van der Waals surface area contributed by atoms with Gasteiger partial charge in [0.15, 0.2) is 5.76 Å². The van der Waals surface area contributed by atoms with Crippen LogP contribution < -0.4 is 10.9 Å². The fraction of sp³-hybridized carbons (Fsp3) is 0.190. The number of aryl methyl sites for hydroxylation is 1. The second-order valence-corrected chi connectivity index (χ2v) is 7.98. The van der Waals surface area contributed by atoms with Crippen molar-refractivity contribution in [2.75, 3.05) is 5.75 Å². The van der Waals surface area contributed by atoms with Crippen molar-refractivity contribution in [1.29, 1.82) is 0 Å². The van der Waals surface area contributed by atoms with E-state index >= 15 is 0 Å². The molecule has 0 fully saturated rings. The first-order valence-corrected chi connectivity index (χ1v) is 10.2. The Hall–Kier alpha value is -3.26. The van der Waals surface area contributed by atoms with Crippen LogP contribution in [0.25, 0.3) is 22.0 Å². The maximum absolute atomic E-state index is 12.4. The lowest BCUT2D eigenvalue weighted by Crippen LogP contribution is -2.42. The molecule has 0 saturated carbocycles. The molecule has 7 nitrogen and oxygen atoms in total. The van der Waals surface area contributed by atoms with Crippen LogP contribution in [0.15, 0.2) is 52.9 Å². The Labute approximate surface area is 171 Å². The van der Waals surface area contributed by atoms with Crippen LogP contribution in [-0.2, 0) is 4.79 Å². The van der Waals surface area contributed by atoms with E-state index in [1.54, 1.807) is 6.07 Å². The van der Waals surface area contributed by atoms with Crippen molar-refractivity contribution in [3.8, 4) is 0 Å². The van der Waals surface area contributed by atoms with E-state index in [1.165, 1.54) is 11.8 Å². The van der Waals surface area contributed by atoms with Crippen molar-refractivity contribution >= 4 is 45.6 Å². The van der Waals surface area contributed by atoms with Crippen molar-refractivity contribution in [2.24, 2.45) is 0 Å². The molecule has 0 spiro atoms. The van der Waals surface area contributed by atoms with Gasteiger partial charge in [-0.25, -0.2) is 4.98 Å². The molecule has 0 unspecified atom stereocenters. The monoisotopic (exact) mass is 408 g/mol. The number of H-pyrrole nitrogens is 1. The van der Waals surface area contributed by atoms with Crippen LogP contribution in [0.2, 0.25) is 0 Å². The molecule has 3 N–H and O–H groups in total. The van der Waals surface area contributed by atoms with Gasteiger partial charge in [-0.15, -0.1) is 11.8 Å². The molecule has 0 saturated heterocycles. The van der Waals surface area contributed by atoms with Crippen LogP contribution >= 0.6 is 11.8 Å². The number of amides is 2. The second-order valence-electron chi connectivity index (χ2n) is 6.65. The zero-order valence-corrected chi connectivity index (χ0v) is 16.8. The van der Waals surface area contributed by atoms with Gasteiger partial charge in [0.25, 0.3) is 0 Å². The van der Waals surface area contributed by atoms with Crippen molar-refractivity contribution < 1.29 is 14.0 Å².